The highest BCUT2D eigenvalue weighted by Gasteiger charge is 1.73. The smallest absolute Gasteiger partial charge is 0 e. The van der Waals surface area contributed by atoms with Gasteiger partial charge in [-0.2, -0.15) is 0 Å². The Morgan fingerprint density at radius 3 is 0.287 bits per heavy atom. The average Bonchev–Trinajstić information content (AvgIpc) is 3.58. The summed E-state index contributed by atoms with van der Waals surface area (Å²) >= 11 is 0. The van der Waals surface area contributed by atoms with Crippen LogP contribution in [0.25, 0.3) is 0 Å². The van der Waals surface area contributed by atoms with Crippen molar-refractivity contribution in [1.29, 1.82) is 0 Å². The molecular formula is C77H210B10. The highest BCUT2D eigenvalue weighted by Crippen LogP contribution is 1.43. The van der Waals surface area contributed by atoms with Crippen molar-refractivity contribution in [3.05, 3.63) is 0 Å². The Morgan fingerprint density at radius 2 is 0.276 bits per heavy atom. The molecule has 548 valence electrons. The second-order valence-corrected chi connectivity index (χ2v) is 2.12. The summed E-state index contributed by atoms with van der Waals surface area (Å²) in [6, 6.07) is 0. The molecule has 0 heterocycles. The van der Waals surface area contributed by atoms with Gasteiger partial charge < -0.3 is 0 Å². The lowest BCUT2D eigenvalue weighted by Crippen LogP contribution is -2.11. The van der Waals surface area contributed by atoms with E-state index in [9.17, 15) is 0 Å². The maximum Gasteiger partial charge on any atom is 0 e. The van der Waals surface area contributed by atoms with E-state index >= 15 is 0 Å². The molecule has 0 aromatic rings. The molecule has 0 aliphatic rings. The Kier molecular flexibility index (Phi) is 23700. The van der Waals surface area contributed by atoms with Gasteiger partial charge in [-0.3, -0.25) is 0 Å². The number of rotatable bonds is 0. The lowest BCUT2D eigenvalue weighted by Gasteiger charge is -1.73. The van der Waals surface area contributed by atoms with E-state index in [1.807, 2.05) is 360 Å². The predicted octanol–water partition coefficient (Wildman–Crippen LogP) is 31.4. The van der Waals surface area contributed by atoms with E-state index < -0.39 is 6.39 Å². The van der Waals surface area contributed by atoms with E-state index in [-0.39, 0.29) is 90.1 Å². The van der Waals surface area contributed by atoms with Crippen molar-refractivity contribution in [2.45, 2.75) is 456 Å². The van der Waals surface area contributed by atoms with Crippen LogP contribution in [-0.2, 0) is 0 Å². The van der Waals surface area contributed by atoms with Crippen LogP contribution in [0.4, 0.5) is 0 Å². The lowest BCUT2D eigenvalue weighted by atomic mass is 9.08. The van der Waals surface area contributed by atoms with Gasteiger partial charge in [-0.25, -0.2) is 0 Å². The van der Waals surface area contributed by atoms with Crippen LogP contribution >= 0.6 is 0 Å². The van der Waals surface area contributed by atoms with E-state index in [2.05, 4.69) is 108 Å². The third-order valence-electron chi connectivity index (χ3n) is 0.404. The molecule has 0 amide bonds. The highest BCUT2D eigenvalue weighted by molar-refractivity contribution is 7.49. The van der Waals surface area contributed by atoms with Crippen molar-refractivity contribution in [2.24, 2.45) is 0 Å². The minimum absolute atomic E-state index is 0. The average molecular weight is 1240 g/mol. The van der Waals surface area contributed by atoms with Gasteiger partial charge >= 0.3 is 0 Å². The van der Waals surface area contributed by atoms with Crippen molar-refractivity contribution in [2.75, 3.05) is 0 Å². The molecule has 0 spiro atoms. The first-order valence-corrected chi connectivity index (χ1v) is 31.4. The van der Waals surface area contributed by atoms with Crippen LogP contribution in [0.2, 0.25) is 0 Å². The van der Waals surface area contributed by atoms with Gasteiger partial charge in [0.15, 0.2) is 0 Å². The molecule has 0 N–H and O–H groups in total. The van der Waals surface area contributed by atoms with Gasteiger partial charge in [-0.1, -0.05) is 448 Å². The first-order chi connectivity index (χ1) is 36.9. The molecule has 0 bridgehead atoms. The van der Waals surface area contributed by atoms with E-state index in [0.29, 0.717) is 0 Å². The largest absolute Gasteiger partial charge is 0.120 e. The first kappa shape index (κ1) is 357. The third-order valence-corrected chi connectivity index (χ3v) is 0.404. The molecule has 0 atom stereocenters. The summed E-state index contributed by atoms with van der Waals surface area (Å²) in [7, 11) is 32.0. The van der Waals surface area contributed by atoms with Crippen LogP contribution in [0.1, 0.15) is 456 Å². The minimum atomic E-state index is -0.667. The quantitative estimate of drug-likeness (QED) is 0.168. The van der Waals surface area contributed by atoms with Gasteiger partial charge in [0, 0.05) is 76.0 Å². The number of terminal acetylenes is 4. The monoisotopic (exact) mass is 1250 g/mol. The molecule has 0 aromatic heterocycles. The molecular weight excluding hydrogens is 1030 g/mol. The Balaban J connectivity index is -0.00000000524. The standard InChI is InChI=1S/C6H2.C5H4.C3H4.26C2H6.11CH4.B4.B3.B2.B/c1-3-5-6-4-2;1-3-5-4-2;1-3-2;26*1-2;;;;;;;;;;;;1-4(2)3;1-3-2;1-2;/h1-2H;1H,2H3;1H,2H3;26*1-2H3;11*1H4;;;;. The second kappa shape index (κ2) is 5780. The Labute approximate surface area is 601 Å². The maximum atomic E-state index is 4.72. The first-order valence-electron chi connectivity index (χ1n) is 31.4. The summed E-state index contributed by atoms with van der Waals surface area (Å²) in [6.45, 7) is 107. The Bertz CT molecular complexity index is 464. The Hall–Kier alpha value is -1.99. The maximum absolute atomic E-state index is 4.72. The van der Waals surface area contributed by atoms with E-state index in [4.69, 9.17) is 19.3 Å². The van der Waals surface area contributed by atoms with Crippen LogP contribution in [0.3, 0.4) is 0 Å². The molecule has 0 aliphatic heterocycles. The molecule has 0 aromatic carbocycles. The predicted molar refractivity (Wildman–Crippen MR) is 489 cm³/mol. The van der Waals surface area contributed by atoms with Gasteiger partial charge in [-0.15, -0.1) is 31.6 Å². The third kappa shape index (κ3) is 62400. The molecule has 0 saturated heterocycles. The normalized spacial score (nSPS) is 2.74. The van der Waals surface area contributed by atoms with Crippen molar-refractivity contribution in [1.82, 2.24) is 0 Å². The summed E-state index contributed by atoms with van der Waals surface area (Å²) in [6.07, 6.45) is 18.0. The fourth-order valence-corrected chi connectivity index (χ4v) is 0.144. The molecule has 0 nitrogen and oxygen atoms in total. The van der Waals surface area contributed by atoms with Crippen LogP contribution < -0.4 is 0 Å². The highest BCUT2D eigenvalue weighted by atomic mass is 13.4. The molecule has 87 heavy (non-hydrogen) atoms. The fourth-order valence-electron chi connectivity index (χ4n) is 0.144. The molecule has 0 aliphatic carbocycles. The van der Waals surface area contributed by atoms with E-state index in [1.165, 1.54) is 0 Å². The SMILES string of the molecule is C.C.C.C.C.C.C.C.C.C.C.C#CC.C#CC#CC.C#CC#CC#C.CC.CC.CC.CC.CC.CC.CC.CC.CC.CC.CC.CC.CC.CC.CC.CC.CC.CC.CC.CC.CC.CC.CC.CC.CC.CC.[B].[B]B([B])[B].[B][B].[B][B][B]. The Morgan fingerprint density at radius 1 is 0.230 bits per heavy atom. The van der Waals surface area contributed by atoms with Gasteiger partial charge in [0.05, 0.1) is 0 Å². The zero-order chi connectivity index (χ0) is 71.9. The molecule has 0 fully saturated rings. The van der Waals surface area contributed by atoms with Crippen molar-refractivity contribution in [3.63, 3.8) is 0 Å². The van der Waals surface area contributed by atoms with Crippen LogP contribution in [0.5, 0.6) is 0 Å². The van der Waals surface area contributed by atoms with E-state index in [1.54, 1.807) is 13.8 Å². The van der Waals surface area contributed by atoms with Crippen LogP contribution in [0, 0.1) is 73.1 Å². The van der Waals surface area contributed by atoms with Crippen molar-refractivity contribution in [3.8, 4) is 73.1 Å². The summed E-state index contributed by atoms with van der Waals surface area (Å²) in [5.41, 5.74) is 0. The molecule has 18 radical (unpaired) electrons. The van der Waals surface area contributed by atoms with Crippen molar-refractivity contribution >= 4 is 76.0 Å². The summed E-state index contributed by atoms with van der Waals surface area (Å²) < 4.78 is 0. The molecule has 0 saturated carbocycles. The zero-order valence-corrected chi connectivity index (χ0v) is 66.1. The zero-order valence-electron chi connectivity index (χ0n) is 66.1. The van der Waals surface area contributed by atoms with Crippen LogP contribution in [0.15, 0.2) is 0 Å². The molecule has 0 unspecified atom stereocenters. The van der Waals surface area contributed by atoms with E-state index in [0.717, 1.165) is 7.06 Å². The lowest BCUT2D eigenvalue weighted by molar-refractivity contribution is 1.50. The number of hydrogen-bond acceptors (Lipinski definition) is 0. The van der Waals surface area contributed by atoms with Gasteiger partial charge in [0.1, 0.15) is 0 Å². The van der Waals surface area contributed by atoms with Gasteiger partial charge in [0.2, 0.25) is 0 Å². The molecule has 0 rings (SSSR count). The topological polar surface area (TPSA) is 0 Å². The molecule has 10 heteroatoms. The summed E-state index contributed by atoms with van der Waals surface area (Å²) in [4.78, 5) is 0. The van der Waals surface area contributed by atoms with Crippen LogP contribution in [-0.4, -0.2) is 76.0 Å². The fraction of sp³-hybridized carbons (Fsp3) is 0.844. The van der Waals surface area contributed by atoms with Gasteiger partial charge in [-0.05, 0) is 49.4 Å². The van der Waals surface area contributed by atoms with Gasteiger partial charge in [0.25, 0.3) is 0 Å². The van der Waals surface area contributed by atoms with Crippen molar-refractivity contribution < 1.29 is 0 Å². The summed E-state index contributed by atoms with van der Waals surface area (Å²) in [5, 5.41) is 0. The summed E-state index contributed by atoms with van der Waals surface area (Å²) in [5.74, 6) is 17.9. The second-order valence-electron chi connectivity index (χ2n) is 2.12. The minimum Gasteiger partial charge on any atom is -0.120 e. The number of hydrogen-bond donors (Lipinski definition) is 0.